The molecule has 9 heteroatoms. The molecule has 2 bridgehead atoms. The van der Waals surface area contributed by atoms with Crippen molar-refractivity contribution < 1.29 is 9.59 Å². The summed E-state index contributed by atoms with van der Waals surface area (Å²) in [7, 11) is 0. The lowest BCUT2D eigenvalue weighted by atomic mass is 10.1. The Bertz CT molecular complexity index is 916. The first-order valence-corrected chi connectivity index (χ1v) is 9.59. The van der Waals surface area contributed by atoms with E-state index >= 15 is 0 Å². The van der Waals surface area contributed by atoms with Gasteiger partial charge in [0, 0.05) is 32.0 Å². The minimum Gasteiger partial charge on any atom is -0.366 e. The van der Waals surface area contributed by atoms with Crippen LogP contribution in [0.5, 0.6) is 0 Å². The van der Waals surface area contributed by atoms with Crippen molar-refractivity contribution in [2.75, 3.05) is 34.8 Å². The lowest BCUT2D eigenvalue weighted by Gasteiger charge is -2.35. The predicted molar refractivity (Wildman–Crippen MR) is 103 cm³/mol. The zero-order valence-electron chi connectivity index (χ0n) is 15.3. The average Bonchev–Trinajstić information content (AvgIpc) is 3.46. The van der Waals surface area contributed by atoms with Crippen molar-refractivity contribution in [3.63, 3.8) is 0 Å². The third kappa shape index (κ3) is 3.12. The van der Waals surface area contributed by atoms with Gasteiger partial charge in [-0.05, 0) is 37.3 Å². The number of carbonyl (C=O) groups is 2. The molecule has 9 nitrogen and oxygen atoms in total. The van der Waals surface area contributed by atoms with Gasteiger partial charge in [-0.3, -0.25) is 20.0 Å². The van der Waals surface area contributed by atoms with E-state index < -0.39 is 0 Å². The number of pyridine rings is 1. The number of hydrogen-bond donors (Lipinski definition) is 2. The molecule has 2 aromatic heterocycles. The fourth-order valence-corrected chi connectivity index (χ4v) is 3.78. The molecule has 4 heterocycles. The lowest BCUT2D eigenvalue weighted by molar-refractivity contribution is 0.0947. The molecule has 144 valence electrons. The average molecular weight is 379 g/mol. The van der Waals surface area contributed by atoms with Crippen LogP contribution in [0.25, 0.3) is 0 Å². The van der Waals surface area contributed by atoms with Crippen LogP contribution in [0.3, 0.4) is 0 Å². The van der Waals surface area contributed by atoms with E-state index in [-0.39, 0.29) is 18.0 Å². The van der Waals surface area contributed by atoms with E-state index in [1.807, 2.05) is 6.07 Å². The van der Waals surface area contributed by atoms with Gasteiger partial charge in [-0.15, -0.1) is 0 Å². The Kier molecular flexibility index (Phi) is 4.07. The summed E-state index contributed by atoms with van der Waals surface area (Å²) in [6.45, 7) is 2.31. The first-order chi connectivity index (χ1) is 13.7. The van der Waals surface area contributed by atoms with E-state index in [2.05, 4.69) is 30.5 Å². The van der Waals surface area contributed by atoms with Gasteiger partial charge >= 0.3 is 6.03 Å². The molecule has 0 radical (unpaired) electrons. The Balaban J connectivity index is 1.43. The molecular formula is C19H21N7O2. The van der Waals surface area contributed by atoms with Crippen molar-refractivity contribution in [1.29, 1.82) is 0 Å². The summed E-state index contributed by atoms with van der Waals surface area (Å²) in [5.41, 5.74) is 1.21. The number of carbonyl (C=O) groups excluding carboxylic acids is 2. The number of aromatic nitrogens is 3. The van der Waals surface area contributed by atoms with Crippen molar-refractivity contribution in [3.8, 4) is 0 Å². The number of amides is 3. The molecule has 5 rings (SSSR count). The van der Waals surface area contributed by atoms with Crippen LogP contribution < -0.4 is 20.4 Å². The summed E-state index contributed by atoms with van der Waals surface area (Å²) in [6, 6.07) is 3.33. The van der Waals surface area contributed by atoms with Crippen LogP contribution in [0.2, 0.25) is 0 Å². The highest BCUT2D eigenvalue weighted by atomic mass is 16.2. The van der Waals surface area contributed by atoms with Gasteiger partial charge in [0.25, 0.3) is 5.91 Å². The molecule has 0 aromatic carbocycles. The Hall–Kier alpha value is -3.23. The first kappa shape index (κ1) is 16.9. The second-order valence-electron chi connectivity index (χ2n) is 7.47. The Morgan fingerprint density at radius 2 is 2.07 bits per heavy atom. The van der Waals surface area contributed by atoms with E-state index in [1.165, 1.54) is 25.2 Å². The first-order valence-electron chi connectivity index (χ1n) is 9.59. The Morgan fingerprint density at radius 1 is 1.18 bits per heavy atom. The van der Waals surface area contributed by atoms with Gasteiger partial charge in [0.15, 0.2) is 11.6 Å². The summed E-state index contributed by atoms with van der Waals surface area (Å²) in [5.74, 6) is 1.30. The van der Waals surface area contributed by atoms with Gasteiger partial charge in [0.1, 0.15) is 5.69 Å². The fraction of sp³-hybridized carbons (Fsp3) is 0.421. The Morgan fingerprint density at radius 3 is 2.86 bits per heavy atom. The van der Waals surface area contributed by atoms with Gasteiger partial charge in [0.05, 0.1) is 17.9 Å². The molecule has 2 aliphatic heterocycles. The SMILES string of the molecule is O=C(NCC1CC1)c1ccc2c(n1)N(C(=O)Nc1cnccn1)C1CCN2C1. The molecule has 1 aliphatic carbocycles. The van der Waals surface area contributed by atoms with Crippen LogP contribution in [-0.2, 0) is 0 Å². The van der Waals surface area contributed by atoms with E-state index in [0.29, 0.717) is 29.8 Å². The van der Waals surface area contributed by atoms with Crippen LogP contribution in [0, 0.1) is 5.92 Å². The van der Waals surface area contributed by atoms with Gasteiger partial charge in [-0.25, -0.2) is 14.8 Å². The summed E-state index contributed by atoms with van der Waals surface area (Å²) in [6.07, 6.45) is 7.77. The maximum absolute atomic E-state index is 13.0. The number of rotatable bonds is 4. The van der Waals surface area contributed by atoms with E-state index in [1.54, 1.807) is 17.2 Å². The van der Waals surface area contributed by atoms with Gasteiger partial charge < -0.3 is 10.2 Å². The van der Waals surface area contributed by atoms with Crippen molar-refractivity contribution in [1.82, 2.24) is 20.3 Å². The monoisotopic (exact) mass is 379 g/mol. The normalized spacial score (nSPS) is 19.9. The highest BCUT2D eigenvalue weighted by Gasteiger charge is 2.40. The summed E-state index contributed by atoms with van der Waals surface area (Å²) >= 11 is 0. The summed E-state index contributed by atoms with van der Waals surface area (Å²) in [5, 5.41) is 5.72. The number of anilines is 3. The van der Waals surface area contributed by atoms with Crippen LogP contribution in [0.15, 0.2) is 30.7 Å². The highest BCUT2D eigenvalue weighted by Crippen LogP contribution is 2.39. The molecular weight excluding hydrogens is 358 g/mol. The topological polar surface area (TPSA) is 103 Å². The standard InChI is InChI=1S/C19H21N7O2/c27-18(22-9-12-1-2-12)14-3-4-15-17(23-14)26(13-5-8-25(15)11-13)19(28)24-16-10-20-6-7-21-16/h3-4,6-7,10,12-13H,1-2,5,8-9,11H2,(H,22,27)(H,21,24,28). The quantitative estimate of drug-likeness (QED) is 0.837. The molecule has 1 unspecified atom stereocenters. The van der Waals surface area contributed by atoms with E-state index in [9.17, 15) is 9.59 Å². The molecule has 2 N–H and O–H groups in total. The second-order valence-corrected chi connectivity index (χ2v) is 7.47. The predicted octanol–water partition coefficient (Wildman–Crippen LogP) is 1.64. The number of urea groups is 1. The number of fused-ring (bicyclic) bond motifs is 4. The van der Waals surface area contributed by atoms with Crippen LogP contribution in [0.1, 0.15) is 29.8 Å². The van der Waals surface area contributed by atoms with Gasteiger partial charge in [-0.1, -0.05) is 0 Å². The third-order valence-corrected chi connectivity index (χ3v) is 5.45. The second kappa shape index (κ2) is 6.74. The van der Waals surface area contributed by atoms with Crippen LogP contribution in [0.4, 0.5) is 22.1 Å². The number of nitrogens with one attached hydrogen (secondary N) is 2. The largest absolute Gasteiger partial charge is 0.366 e. The fourth-order valence-electron chi connectivity index (χ4n) is 3.78. The molecule has 0 spiro atoms. The van der Waals surface area contributed by atoms with Crippen molar-refractivity contribution in [3.05, 3.63) is 36.4 Å². The minimum absolute atomic E-state index is 0.0152. The van der Waals surface area contributed by atoms with Crippen molar-refractivity contribution in [2.24, 2.45) is 5.92 Å². The highest BCUT2D eigenvalue weighted by molar-refractivity contribution is 6.04. The molecule has 1 saturated heterocycles. The third-order valence-electron chi connectivity index (χ3n) is 5.45. The summed E-state index contributed by atoms with van der Waals surface area (Å²) in [4.78, 5) is 42.0. The molecule has 2 aromatic rings. The zero-order valence-corrected chi connectivity index (χ0v) is 15.3. The maximum atomic E-state index is 13.0. The summed E-state index contributed by atoms with van der Waals surface area (Å²) < 4.78 is 0. The molecule has 1 atom stereocenters. The van der Waals surface area contributed by atoms with Crippen molar-refractivity contribution >= 4 is 29.3 Å². The van der Waals surface area contributed by atoms with Gasteiger partial charge in [-0.2, -0.15) is 0 Å². The Labute approximate surface area is 162 Å². The molecule has 3 amide bonds. The van der Waals surface area contributed by atoms with E-state index in [4.69, 9.17) is 0 Å². The zero-order chi connectivity index (χ0) is 19.1. The number of hydrogen-bond acceptors (Lipinski definition) is 6. The minimum atomic E-state index is -0.309. The number of nitrogens with zero attached hydrogens (tertiary/aromatic N) is 5. The van der Waals surface area contributed by atoms with Crippen LogP contribution in [-0.4, -0.2) is 52.6 Å². The maximum Gasteiger partial charge on any atom is 0.329 e. The van der Waals surface area contributed by atoms with Gasteiger partial charge in [0.2, 0.25) is 0 Å². The van der Waals surface area contributed by atoms with Crippen LogP contribution >= 0.6 is 0 Å². The molecule has 1 saturated carbocycles. The molecule has 28 heavy (non-hydrogen) atoms. The lowest BCUT2D eigenvalue weighted by Crippen LogP contribution is -2.48. The van der Waals surface area contributed by atoms with E-state index in [0.717, 1.165) is 25.2 Å². The molecule has 3 aliphatic rings. The molecule has 2 fully saturated rings. The van der Waals surface area contributed by atoms with Crippen molar-refractivity contribution in [2.45, 2.75) is 25.3 Å². The smallest absolute Gasteiger partial charge is 0.329 e.